The number of carboxylic acid groups (broad SMARTS) is 2. The van der Waals surface area contributed by atoms with E-state index in [1.807, 2.05) is 136 Å². The number of anilines is 2. The molecule has 61 heavy (non-hydrogen) atoms. The molecule has 4 atom stereocenters. The number of hydrogen-bond donors (Lipinski definition) is 12. The van der Waals surface area contributed by atoms with Gasteiger partial charge in [0.25, 0.3) is 11.8 Å². The second-order valence-corrected chi connectivity index (χ2v) is 19.7. The molecule has 0 aliphatic rings. The summed E-state index contributed by atoms with van der Waals surface area (Å²) in [5.41, 5.74) is 1.04. The number of carboxylic acids is 2. The lowest BCUT2D eigenvalue weighted by molar-refractivity contribution is -0.117. The third kappa shape index (κ3) is 17.6. The van der Waals surface area contributed by atoms with Crippen molar-refractivity contribution in [3.05, 3.63) is 43.7 Å². The first-order chi connectivity index (χ1) is 28.6. The molecule has 0 saturated carbocycles. The summed E-state index contributed by atoms with van der Waals surface area (Å²) in [6, 6.07) is 0. The Labute approximate surface area is 434 Å². The summed E-state index contributed by atoms with van der Waals surface area (Å²) >= 11 is 11.4. The van der Waals surface area contributed by atoms with Crippen LogP contribution in [0.2, 0.25) is 0 Å². The van der Waals surface area contributed by atoms with E-state index in [0.29, 0.717) is 45.6 Å². The summed E-state index contributed by atoms with van der Waals surface area (Å²) < 4.78 is 2.34. The highest BCUT2D eigenvalue weighted by Gasteiger charge is 2.31. The Hall–Kier alpha value is -0.600. The molecule has 0 aliphatic heterocycles. The maximum atomic E-state index is 12.7. The Morgan fingerprint density at radius 1 is 0.492 bits per heavy atom. The van der Waals surface area contributed by atoms with Crippen molar-refractivity contribution in [3.8, 4) is 0 Å². The topological polar surface area (TPSA) is 304 Å². The van der Waals surface area contributed by atoms with Gasteiger partial charge in [0.2, 0.25) is 11.8 Å². The van der Waals surface area contributed by atoms with E-state index >= 15 is 0 Å². The average Bonchev–Trinajstić information content (AvgIpc) is 3.20. The molecule has 0 radical (unpaired) electrons. The molecular weight excluding hydrogens is 1480 g/mol. The van der Waals surface area contributed by atoms with E-state index in [4.69, 9.17) is 20.4 Å². The molecule has 2 rings (SSSR count). The standard InChI is InChI=1S/C30H32I6N4O8.C7H17NO5/c1-37-27(43)15-19(31)17(29(45)46)23(35)25(21(15)33)39-13(41)11-9-7-5-3-4-6-8-10-12-14(42)40-26-22(34)16(28(44)38-2)20(32)18(24(26)36)30(47)48;1-8-2-4(10)6(12)7(13)5(11)3-9/h3-12H2,1-2H3,(H,37,43)(H,38,44)(H,39,41)(H,40,42)(H,45,46)(H,47,48);4-13H,2-3H2,1H3/t;4-,5+,6+,7+/m.0/s1. The highest BCUT2D eigenvalue weighted by atomic mass is 127. The van der Waals surface area contributed by atoms with Gasteiger partial charge in [-0.15, -0.1) is 0 Å². The number of aromatic carboxylic acids is 2. The molecule has 0 spiro atoms. The zero-order valence-corrected chi connectivity index (χ0v) is 46.1. The first-order valence-electron chi connectivity index (χ1n) is 18.5. The van der Waals surface area contributed by atoms with Crippen LogP contribution in [0, 0.1) is 21.4 Å². The smallest absolute Gasteiger partial charge is 0.337 e. The molecule has 12 N–H and O–H groups in total. The Kier molecular flexibility index (Phi) is 28.6. The SMILES string of the molecule is CNC(=O)c1c(I)c(NC(=O)CCCCCCCCCCC(=O)Nc2c(I)c(C(=O)O)c(I)c(C(=O)NC)c2I)c(I)c(C(=O)O)c1I.CNC[C@H](O)[C@@H](O)[C@H](O)[C@H](O)CO. The molecule has 24 heteroatoms. The number of likely N-dealkylation sites (N-methyl/N-ethyl adjacent to an activating group) is 1. The Balaban J connectivity index is 0.00000123. The minimum absolute atomic E-state index is 0.0209. The third-order valence-electron chi connectivity index (χ3n) is 8.80. The molecule has 0 heterocycles. The third-order valence-corrected chi connectivity index (χ3v) is 15.3. The van der Waals surface area contributed by atoms with Crippen molar-refractivity contribution in [2.24, 2.45) is 0 Å². The maximum absolute atomic E-state index is 12.7. The van der Waals surface area contributed by atoms with E-state index in [2.05, 4.69) is 26.6 Å². The van der Waals surface area contributed by atoms with Gasteiger partial charge in [-0.1, -0.05) is 38.5 Å². The van der Waals surface area contributed by atoms with E-state index in [9.17, 15) is 44.1 Å². The van der Waals surface area contributed by atoms with Gasteiger partial charge in [-0.05, 0) is 155 Å². The summed E-state index contributed by atoms with van der Waals surface area (Å²) in [4.78, 5) is 74.2. The number of carbonyl (C=O) groups is 6. The van der Waals surface area contributed by atoms with Gasteiger partial charge >= 0.3 is 11.9 Å². The molecule has 2 aromatic carbocycles. The van der Waals surface area contributed by atoms with Crippen LogP contribution in [0.4, 0.5) is 11.4 Å². The summed E-state index contributed by atoms with van der Waals surface area (Å²) in [5, 5.41) is 77.6. The van der Waals surface area contributed by atoms with Crippen molar-refractivity contribution >= 4 is 182 Å². The van der Waals surface area contributed by atoms with E-state index in [-0.39, 0.29) is 53.5 Å². The van der Waals surface area contributed by atoms with Crippen molar-refractivity contribution in [2.45, 2.75) is 88.6 Å². The average molecular weight is 1530 g/mol. The minimum Gasteiger partial charge on any atom is -0.478 e. The van der Waals surface area contributed by atoms with Gasteiger partial charge in [0, 0.05) is 40.6 Å². The van der Waals surface area contributed by atoms with Gasteiger partial charge in [0.05, 0.1) is 60.6 Å². The zero-order valence-electron chi connectivity index (χ0n) is 33.1. The van der Waals surface area contributed by atoms with Crippen LogP contribution in [0.25, 0.3) is 0 Å². The number of aliphatic hydroxyl groups is 5. The van der Waals surface area contributed by atoms with Crippen LogP contribution in [0.3, 0.4) is 0 Å². The molecule has 0 aromatic heterocycles. The molecule has 18 nitrogen and oxygen atoms in total. The number of benzene rings is 2. The van der Waals surface area contributed by atoms with Crippen LogP contribution in [-0.4, -0.2) is 130 Å². The second kappa shape index (κ2) is 29.8. The Bertz CT molecular complexity index is 1770. The lowest BCUT2D eigenvalue weighted by atomic mass is 10.0. The highest BCUT2D eigenvalue weighted by molar-refractivity contribution is 14.1. The molecule has 0 fully saturated rings. The fourth-order valence-corrected chi connectivity index (χ4v) is 14.3. The largest absolute Gasteiger partial charge is 0.478 e. The lowest BCUT2D eigenvalue weighted by Gasteiger charge is -2.25. The number of rotatable bonds is 23. The fourth-order valence-electron chi connectivity index (χ4n) is 5.50. The molecule has 2 aromatic rings. The first-order valence-corrected chi connectivity index (χ1v) is 25.0. The van der Waals surface area contributed by atoms with Gasteiger partial charge in [-0.2, -0.15) is 0 Å². The number of nitrogens with one attached hydrogen (secondary N) is 5. The second-order valence-electron chi connectivity index (χ2n) is 13.2. The molecule has 0 aliphatic carbocycles. The van der Waals surface area contributed by atoms with Crippen molar-refractivity contribution in [2.75, 3.05) is 44.9 Å². The van der Waals surface area contributed by atoms with Crippen LogP contribution in [-0.2, 0) is 9.59 Å². The normalized spacial score (nSPS) is 12.9. The number of amides is 4. The van der Waals surface area contributed by atoms with Gasteiger partial charge in [0.15, 0.2) is 0 Å². The fraction of sp³-hybridized carbons (Fsp3) is 0.514. The van der Waals surface area contributed by atoms with Gasteiger partial charge in [-0.25, -0.2) is 9.59 Å². The quantitative estimate of drug-likeness (QED) is 0.0537. The van der Waals surface area contributed by atoms with Crippen LogP contribution in [0.1, 0.15) is 106 Å². The predicted octanol–water partition coefficient (Wildman–Crippen LogP) is 4.55. The number of hydrogen-bond acceptors (Lipinski definition) is 12. The summed E-state index contributed by atoms with van der Waals surface area (Å²) in [7, 11) is 4.50. The Morgan fingerprint density at radius 3 is 1.10 bits per heavy atom. The Morgan fingerprint density at radius 2 is 0.803 bits per heavy atom. The van der Waals surface area contributed by atoms with Crippen molar-refractivity contribution in [3.63, 3.8) is 0 Å². The van der Waals surface area contributed by atoms with Crippen molar-refractivity contribution < 1.29 is 64.5 Å². The predicted molar refractivity (Wildman–Crippen MR) is 278 cm³/mol. The molecule has 0 saturated heterocycles. The van der Waals surface area contributed by atoms with Crippen molar-refractivity contribution in [1.29, 1.82) is 0 Å². The molecule has 0 bridgehead atoms. The van der Waals surface area contributed by atoms with E-state index in [0.717, 1.165) is 38.5 Å². The van der Waals surface area contributed by atoms with Crippen LogP contribution < -0.4 is 26.6 Å². The van der Waals surface area contributed by atoms with Gasteiger partial charge in [0.1, 0.15) is 18.3 Å². The highest BCUT2D eigenvalue weighted by Crippen LogP contribution is 2.37. The number of halogens is 6. The van der Waals surface area contributed by atoms with E-state index in [1.54, 1.807) is 7.05 Å². The van der Waals surface area contributed by atoms with Gasteiger partial charge < -0.3 is 62.3 Å². The number of aliphatic hydroxyl groups excluding tert-OH is 5. The molecule has 342 valence electrons. The van der Waals surface area contributed by atoms with Crippen LogP contribution in [0.15, 0.2) is 0 Å². The van der Waals surface area contributed by atoms with Crippen LogP contribution in [0.5, 0.6) is 0 Å². The first kappa shape index (κ1) is 58.4. The number of carbonyl (C=O) groups excluding carboxylic acids is 4. The van der Waals surface area contributed by atoms with Crippen LogP contribution >= 0.6 is 136 Å². The molecular formula is C37H49I6N5O13. The lowest BCUT2D eigenvalue weighted by Crippen LogP contribution is -2.48. The zero-order chi connectivity index (χ0) is 46.7. The maximum Gasteiger partial charge on any atom is 0.337 e. The summed E-state index contributed by atoms with van der Waals surface area (Å²) in [6.45, 7) is -0.569. The molecule has 4 amide bonds. The summed E-state index contributed by atoms with van der Waals surface area (Å²) in [5.74, 6) is -3.71. The molecule has 0 unspecified atom stereocenters. The van der Waals surface area contributed by atoms with Gasteiger partial charge in [-0.3, -0.25) is 19.2 Å². The monoisotopic (exact) mass is 1530 g/mol. The number of unbranched alkanes of at least 4 members (excludes halogenated alkanes) is 7. The van der Waals surface area contributed by atoms with E-state index in [1.165, 1.54) is 14.1 Å². The summed E-state index contributed by atoms with van der Waals surface area (Å²) in [6.07, 6.45) is 1.77. The van der Waals surface area contributed by atoms with E-state index < -0.39 is 54.8 Å². The van der Waals surface area contributed by atoms with Crippen molar-refractivity contribution in [1.82, 2.24) is 16.0 Å². The minimum atomic E-state index is -1.55.